The van der Waals surface area contributed by atoms with E-state index in [0.29, 0.717) is 32.6 Å². The molecule has 0 bridgehead atoms. The van der Waals surface area contributed by atoms with Crippen molar-refractivity contribution in [3.63, 3.8) is 0 Å². The molecule has 0 spiro atoms. The van der Waals surface area contributed by atoms with Crippen LogP contribution in [0.4, 0.5) is 0 Å². The first-order chi connectivity index (χ1) is 11.1. The second kappa shape index (κ2) is 8.89. The van der Waals surface area contributed by atoms with Crippen LogP contribution in [0, 0.1) is 5.92 Å². The number of piperazine rings is 1. The van der Waals surface area contributed by atoms with Gasteiger partial charge in [-0.25, -0.2) is 0 Å². The predicted molar refractivity (Wildman–Crippen MR) is 87.7 cm³/mol. The second-order valence-electron chi connectivity index (χ2n) is 6.57. The van der Waals surface area contributed by atoms with Crippen LogP contribution < -0.4 is 5.32 Å². The number of hydrogen-bond donors (Lipinski definition) is 1. The summed E-state index contributed by atoms with van der Waals surface area (Å²) >= 11 is 0. The van der Waals surface area contributed by atoms with Crippen molar-refractivity contribution in [2.24, 2.45) is 5.92 Å². The summed E-state index contributed by atoms with van der Waals surface area (Å²) in [6, 6.07) is 0. The van der Waals surface area contributed by atoms with Crippen LogP contribution in [0.15, 0.2) is 0 Å². The number of nitrogens with one attached hydrogen (secondary N) is 1. The molecular weight excluding hydrogens is 294 g/mol. The van der Waals surface area contributed by atoms with E-state index >= 15 is 0 Å². The Bertz CT molecular complexity index is 425. The molecule has 0 radical (unpaired) electrons. The molecule has 1 aliphatic carbocycles. The molecule has 1 saturated heterocycles. The van der Waals surface area contributed by atoms with Gasteiger partial charge in [-0.05, 0) is 19.3 Å². The van der Waals surface area contributed by atoms with Crippen molar-refractivity contribution >= 4 is 17.7 Å². The molecule has 1 saturated carbocycles. The third kappa shape index (κ3) is 5.22. The van der Waals surface area contributed by atoms with E-state index < -0.39 is 0 Å². The van der Waals surface area contributed by atoms with Crippen LogP contribution in [0.2, 0.25) is 0 Å². The smallest absolute Gasteiger partial charge is 0.242 e. The summed E-state index contributed by atoms with van der Waals surface area (Å²) < 4.78 is 0. The Hall–Kier alpha value is -1.59. The SMILES string of the molecule is CCCC(=O)NCC(=O)N1CCN(C(=O)C2CCCCC2)CC1. The average Bonchev–Trinajstić information content (AvgIpc) is 2.60. The fraction of sp³-hybridized carbons (Fsp3) is 0.824. The molecule has 1 aliphatic heterocycles. The van der Waals surface area contributed by atoms with E-state index in [9.17, 15) is 14.4 Å². The van der Waals surface area contributed by atoms with Crippen LogP contribution in [0.25, 0.3) is 0 Å². The lowest BCUT2D eigenvalue weighted by Crippen LogP contribution is -2.53. The Labute approximate surface area is 138 Å². The van der Waals surface area contributed by atoms with Crippen LogP contribution in [0.5, 0.6) is 0 Å². The number of hydrogen-bond acceptors (Lipinski definition) is 3. The zero-order valence-electron chi connectivity index (χ0n) is 14.2. The summed E-state index contributed by atoms with van der Waals surface area (Å²) in [7, 11) is 0. The standard InChI is InChI=1S/C17H29N3O3/c1-2-6-15(21)18-13-16(22)19-9-11-20(12-10-19)17(23)14-7-4-3-5-8-14/h14H,2-13H2,1H3,(H,18,21). The van der Waals surface area contributed by atoms with Gasteiger partial charge in [-0.2, -0.15) is 0 Å². The van der Waals surface area contributed by atoms with Crippen molar-refractivity contribution < 1.29 is 14.4 Å². The Morgan fingerprint density at radius 2 is 1.57 bits per heavy atom. The van der Waals surface area contributed by atoms with Gasteiger partial charge in [0.2, 0.25) is 17.7 Å². The predicted octanol–water partition coefficient (Wildman–Crippen LogP) is 1.15. The quantitative estimate of drug-likeness (QED) is 0.825. The van der Waals surface area contributed by atoms with Gasteiger partial charge >= 0.3 is 0 Å². The highest BCUT2D eigenvalue weighted by molar-refractivity contribution is 5.85. The van der Waals surface area contributed by atoms with Crippen LogP contribution in [-0.2, 0) is 14.4 Å². The van der Waals surface area contributed by atoms with Crippen LogP contribution in [-0.4, -0.2) is 60.2 Å². The van der Waals surface area contributed by atoms with Crippen LogP contribution >= 0.6 is 0 Å². The molecule has 1 heterocycles. The van der Waals surface area contributed by atoms with Gasteiger partial charge in [0.05, 0.1) is 6.54 Å². The average molecular weight is 323 g/mol. The van der Waals surface area contributed by atoms with E-state index in [-0.39, 0.29) is 30.2 Å². The highest BCUT2D eigenvalue weighted by Crippen LogP contribution is 2.25. The number of carbonyl (C=O) groups is 3. The molecule has 2 aliphatic rings. The van der Waals surface area contributed by atoms with Crippen molar-refractivity contribution in [3.05, 3.63) is 0 Å². The van der Waals surface area contributed by atoms with E-state index in [1.165, 1.54) is 6.42 Å². The van der Waals surface area contributed by atoms with E-state index in [1.54, 1.807) is 4.90 Å². The maximum Gasteiger partial charge on any atom is 0.242 e. The number of amides is 3. The Morgan fingerprint density at radius 3 is 2.17 bits per heavy atom. The van der Waals surface area contributed by atoms with Gasteiger partial charge < -0.3 is 15.1 Å². The van der Waals surface area contributed by atoms with Crippen molar-refractivity contribution in [2.45, 2.75) is 51.9 Å². The summed E-state index contributed by atoms with van der Waals surface area (Å²) in [4.78, 5) is 39.6. The molecule has 2 rings (SSSR count). The van der Waals surface area contributed by atoms with Gasteiger partial charge in [0.1, 0.15) is 0 Å². The van der Waals surface area contributed by atoms with Gasteiger partial charge in [-0.15, -0.1) is 0 Å². The number of rotatable bonds is 5. The van der Waals surface area contributed by atoms with Gasteiger partial charge in [-0.3, -0.25) is 14.4 Å². The van der Waals surface area contributed by atoms with Crippen molar-refractivity contribution in [2.75, 3.05) is 32.7 Å². The maximum atomic E-state index is 12.5. The summed E-state index contributed by atoms with van der Waals surface area (Å²) in [5.41, 5.74) is 0. The fourth-order valence-corrected chi connectivity index (χ4v) is 3.39. The summed E-state index contributed by atoms with van der Waals surface area (Å²) in [5, 5.41) is 2.66. The molecule has 0 aromatic rings. The second-order valence-corrected chi connectivity index (χ2v) is 6.57. The lowest BCUT2D eigenvalue weighted by atomic mass is 9.88. The van der Waals surface area contributed by atoms with Gasteiger partial charge in [0.25, 0.3) is 0 Å². The zero-order chi connectivity index (χ0) is 16.7. The molecule has 6 nitrogen and oxygen atoms in total. The van der Waals surface area contributed by atoms with E-state index in [0.717, 1.165) is 32.1 Å². The molecule has 0 unspecified atom stereocenters. The van der Waals surface area contributed by atoms with Crippen LogP contribution in [0.1, 0.15) is 51.9 Å². The molecule has 130 valence electrons. The summed E-state index contributed by atoms with van der Waals surface area (Å²) in [6.45, 7) is 4.37. The highest BCUT2D eigenvalue weighted by Gasteiger charge is 2.29. The van der Waals surface area contributed by atoms with Crippen molar-refractivity contribution in [1.29, 1.82) is 0 Å². The molecule has 1 N–H and O–H groups in total. The number of carbonyl (C=O) groups excluding carboxylic acids is 3. The maximum absolute atomic E-state index is 12.5. The third-order valence-corrected chi connectivity index (χ3v) is 4.81. The summed E-state index contributed by atoms with van der Waals surface area (Å²) in [6.07, 6.45) is 6.83. The Balaban J connectivity index is 1.71. The fourth-order valence-electron chi connectivity index (χ4n) is 3.39. The zero-order valence-corrected chi connectivity index (χ0v) is 14.2. The van der Waals surface area contributed by atoms with Gasteiger partial charge in [0.15, 0.2) is 0 Å². The normalized spacial score (nSPS) is 19.5. The Morgan fingerprint density at radius 1 is 0.957 bits per heavy atom. The topological polar surface area (TPSA) is 69.7 Å². The lowest BCUT2D eigenvalue weighted by molar-refractivity contribution is -0.142. The first kappa shape index (κ1) is 17.8. The minimum atomic E-state index is -0.0769. The third-order valence-electron chi connectivity index (χ3n) is 4.81. The van der Waals surface area contributed by atoms with E-state index in [1.807, 2.05) is 11.8 Å². The molecular formula is C17H29N3O3. The Kier molecular flexibility index (Phi) is 6.86. The largest absolute Gasteiger partial charge is 0.347 e. The van der Waals surface area contributed by atoms with Crippen LogP contribution in [0.3, 0.4) is 0 Å². The van der Waals surface area contributed by atoms with E-state index in [4.69, 9.17) is 0 Å². The molecule has 2 fully saturated rings. The minimum Gasteiger partial charge on any atom is -0.347 e. The van der Waals surface area contributed by atoms with Crippen molar-refractivity contribution in [3.8, 4) is 0 Å². The monoisotopic (exact) mass is 323 g/mol. The molecule has 0 aromatic heterocycles. The first-order valence-electron chi connectivity index (χ1n) is 8.95. The molecule has 3 amide bonds. The minimum absolute atomic E-state index is 0.0563. The van der Waals surface area contributed by atoms with Gasteiger partial charge in [-0.1, -0.05) is 26.2 Å². The molecule has 0 aromatic carbocycles. The van der Waals surface area contributed by atoms with Crippen molar-refractivity contribution in [1.82, 2.24) is 15.1 Å². The molecule has 6 heteroatoms. The molecule has 0 atom stereocenters. The first-order valence-corrected chi connectivity index (χ1v) is 8.95. The van der Waals surface area contributed by atoms with Gasteiger partial charge in [0, 0.05) is 38.5 Å². The summed E-state index contributed by atoms with van der Waals surface area (Å²) in [5.74, 6) is 0.332. The lowest BCUT2D eigenvalue weighted by Gasteiger charge is -2.37. The number of nitrogens with zero attached hydrogens (tertiary/aromatic N) is 2. The molecule has 23 heavy (non-hydrogen) atoms. The van der Waals surface area contributed by atoms with E-state index in [2.05, 4.69) is 5.32 Å². The highest BCUT2D eigenvalue weighted by atomic mass is 16.2.